The van der Waals surface area contributed by atoms with Crippen molar-refractivity contribution in [3.8, 4) is 0 Å². The summed E-state index contributed by atoms with van der Waals surface area (Å²) in [7, 11) is 1.48. The third-order valence-corrected chi connectivity index (χ3v) is 3.07. The van der Waals surface area contributed by atoms with Crippen molar-refractivity contribution in [2.45, 2.75) is 19.3 Å². The average Bonchev–Trinajstić information content (AvgIpc) is 2.53. The van der Waals surface area contributed by atoms with Crippen LogP contribution in [0.2, 0.25) is 0 Å². The number of piperidine rings is 1. The highest BCUT2D eigenvalue weighted by Crippen LogP contribution is 2.36. The summed E-state index contributed by atoms with van der Waals surface area (Å²) in [6, 6.07) is 0. The lowest BCUT2D eigenvalue weighted by Gasteiger charge is -2.34. The van der Waals surface area contributed by atoms with Crippen LogP contribution in [0.1, 0.15) is 19.3 Å². The Morgan fingerprint density at radius 2 is 2.07 bits per heavy atom. The van der Waals surface area contributed by atoms with Gasteiger partial charge in [0.2, 0.25) is 17.7 Å². The van der Waals surface area contributed by atoms with Gasteiger partial charge in [0.05, 0.1) is 5.41 Å². The molecule has 5 nitrogen and oxygen atoms in total. The molecule has 2 heterocycles. The third-order valence-electron chi connectivity index (χ3n) is 3.07. The molecule has 0 radical (unpaired) electrons. The number of nitrogens with zero attached hydrogens (tertiary/aromatic N) is 1. The molecule has 14 heavy (non-hydrogen) atoms. The molecule has 0 aromatic carbocycles. The smallest absolute Gasteiger partial charge is 0.237 e. The van der Waals surface area contributed by atoms with E-state index in [1.807, 2.05) is 0 Å². The van der Waals surface area contributed by atoms with E-state index in [9.17, 15) is 14.4 Å². The summed E-state index contributed by atoms with van der Waals surface area (Å²) >= 11 is 0. The van der Waals surface area contributed by atoms with E-state index in [2.05, 4.69) is 5.32 Å². The minimum absolute atomic E-state index is 0.0962. The Hall–Kier alpha value is -1.39. The number of carbonyl (C=O) groups is 3. The Morgan fingerprint density at radius 3 is 2.64 bits per heavy atom. The predicted octanol–water partition coefficient (Wildman–Crippen LogP) is -0.729. The second kappa shape index (κ2) is 2.80. The summed E-state index contributed by atoms with van der Waals surface area (Å²) in [4.78, 5) is 35.3. The SMILES string of the molecule is CN1C(=O)CC[C@]2(CNC(=O)C2)C1=O. The van der Waals surface area contributed by atoms with Crippen molar-refractivity contribution >= 4 is 17.7 Å². The number of carbonyl (C=O) groups excluding carboxylic acids is 3. The van der Waals surface area contributed by atoms with Crippen molar-refractivity contribution in [1.29, 1.82) is 0 Å². The van der Waals surface area contributed by atoms with Gasteiger partial charge in [0, 0.05) is 26.4 Å². The molecule has 2 fully saturated rings. The summed E-state index contributed by atoms with van der Waals surface area (Å²) in [5.41, 5.74) is -0.639. The molecule has 1 spiro atoms. The van der Waals surface area contributed by atoms with Crippen LogP contribution in [-0.2, 0) is 14.4 Å². The van der Waals surface area contributed by atoms with E-state index in [1.54, 1.807) is 0 Å². The first kappa shape index (κ1) is 9.18. The normalized spacial score (nSPS) is 32.6. The van der Waals surface area contributed by atoms with Gasteiger partial charge in [-0.15, -0.1) is 0 Å². The van der Waals surface area contributed by atoms with Crippen LogP contribution in [0, 0.1) is 5.41 Å². The number of amides is 3. The van der Waals surface area contributed by atoms with Gasteiger partial charge in [-0.25, -0.2) is 0 Å². The van der Waals surface area contributed by atoms with Gasteiger partial charge in [0.25, 0.3) is 0 Å². The van der Waals surface area contributed by atoms with E-state index in [0.717, 1.165) is 4.90 Å². The van der Waals surface area contributed by atoms with Gasteiger partial charge in [0.1, 0.15) is 0 Å². The fourth-order valence-corrected chi connectivity index (χ4v) is 2.12. The van der Waals surface area contributed by atoms with Crippen molar-refractivity contribution in [2.24, 2.45) is 5.41 Å². The Balaban J connectivity index is 2.25. The van der Waals surface area contributed by atoms with Crippen LogP contribution in [0.4, 0.5) is 0 Å². The molecule has 0 unspecified atom stereocenters. The molecule has 1 N–H and O–H groups in total. The van der Waals surface area contributed by atoms with Gasteiger partial charge in [-0.2, -0.15) is 0 Å². The summed E-state index contributed by atoms with van der Waals surface area (Å²) in [6.45, 7) is 0.377. The molecule has 76 valence electrons. The highest BCUT2D eigenvalue weighted by atomic mass is 16.2. The van der Waals surface area contributed by atoms with Crippen molar-refractivity contribution in [1.82, 2.24) is 10.2 Å². The number of nitrogens with one attached hydrogen (secondary N) is 1. The number of hydrogen-bond acceptors (Lipinski definition) is 3. The summed E-state index contributed by atoms with van der Waals surface area (Å²) in [5, 5.41) is 2.65. The number of imide groups is 1. The Labute approximate surface area is 81.4 Å². The average molecular weight is 196 g/mol. The molecule has 0 aromatic rings. The maximum absolute atomic E-state index is 11.8. The molecular weight excluding hydrogens is 184 g/mol. The van der Waals surface area contributed by atoms with Crippen LogP contribution in [-0.4, -0.2) is 36.2 Å². The van der Waals surface area contributed by atoms with Crippen LogP contribution >= 0.6 is 0 Å². The van der Waals surface area contributed by atoms with Gasteiger partial charge >= 0.3 is 0 Å². The fourth-order valence-electron chi connectivity index (χ4n) is 2.12. The topological polar surface area (TPSA) is 66.5 Å². The van der Waals surface area contributed by atoms with Crippen molar-refractivity contribution in [2.75, 3.05) is 13.6 Å². The summed E-state index contributed by atoms with van der Waals surface area (Å²) in [6.07, 6.45) is 1.08. The maximum atomic E-state index is 11.8. The lowest BCUT2D eigenvalue weighted by atomic mass is 9.78. The standard InChI is InChI=1S/C9H12N2O3/c1-11-7(13)2-3-9(8(11)14)4-6(12)10-5-9/h2-5H2,1H3,(H,10,12)/t9-/m0/s1. The molecule has 2 rings (SSSR count). The van der Waals surface area contributed by atoms with Crippen molar-refractivity contribution < 1.29 is 14.4 Å². The first-order valence-corrected chi connectivity index (χ1v) is 4.63. The molecule has 0 bridgehead atoms. The van der Waals surface area contributed by atoms with Gasteiger partial charge in [0.15, 0.2) is 0 Å². The van der Waals surface area contributed by atoms with Crippen LogP contribution < -0.4 is 5.32 Å². The molecule has 0 saturated carbocycles. The number of likely N-dealkylation sites (tertiary alicyclic amines) is 1. The van der Waals surface area contributed by atoms with Crippen LogP contribution in [0.3, 0.4) is 0 Å². The van der Waals surface area contributed by atoms with Crippen LogP contribution in [0.5, 0.6) is 0 Å². The summed E-state index contributed by atoms with van der Waals surface area (Å²) in [5.74, 6) is -0.465. The molecule has 2 saturated heterocycles. The highest BCUT2D eigenvalue weighted by molar-refractivity contribution is 6.03. The maximum Gasteiger partial charge on any atom is 0.237 e. The number of rotatable bonds is 0. The molecule has 5 heteroatoms. The lowest BCUT2D eigenvalue weighted by molar-refractivity contribution is -0.155. The first-order chi connectivity index (χ1) is 6.55. The monoisotopic (exact) mass is 196 g/mol. The van der Waals surface area contributed by atoms with Crippen molar-refractivity contribution in [3.05, 3.63) is 0 Å². The third kappa shape index (κ3) is 1.12. The molecule has 0 aromatic heterocycles. The van der Waals surface area contributed by atoms with E-state index < -0.39 is 5.41 Å². The quantitative estimate of drug-likeness (QED) is 0.519. The Kier molecular flexibility index (Phi) is 1.83. The zero-order valence-electron chi connectivity index (χ0n) is 8.00. The zero-order chi connectivity index (χ0) is 10.3. The van der Waals surface area contributed by atoms with E-state index in [1.165, 1.54) is 7.05 Å². The summed E-state index contributed by atoms with van der Waals surface area (Å²) < 4.78 is 0. The molecular formula is C9H12N2O3. The number of hydrogen-bond donors (Lipinski definition) is 1. The van der Waals surface area contributed by atoms with Crippen LogP contribution in [0.15, 0.2) is 0 Å². The Morgan fingerprint density at radius 1 is 1.36 bits per heavy atom. The van der Waals surface area contributed by atoms with Gasteiger partial charge in [-0.05, 0) is 6.42 Å². The fraction of sp³-hybridized carbons (Fsp3) is 0.667. The largest absolute Gasteiger partial charge is 0.355 e. The molecule has 2 aliphatic rings. The van der Waals surface area contributed by atoms with E-state index >= 15 is 0 Å². The van der Waals surface area contributed by atoms with Gasteiger partial charge in [-0.3, -0.25) is 19.3 Å². The Bertz CT molecular complexity index is 326. The second-order valence-electron chi connectivity index (χ2n) is 3.99. The van der Waals surface area contributed by atoms with Crippen molar-refractivity contribution in [3.63, 3.8) is 0 Å². The molecule has 0 aliphatic carbocycles. The molecule has 2 aliphatic heterocycles. The molecule has 1 atom stereocenters. The lowest BCUT2D eigenvalue weighted by Crippen LogP contribution is -2.50. The molecule has 3 amide bonds. The van der Waals surface area contributed by atoms with E-state index in [0.29, 0.717) is 19.4 Å². The predicted molar refractivity (Wildman–Crippen MR) is 47.1 cm³/mol. The minimum Gasteiger partial charge on any atom is -0.355 e. The minimum atomic E-state index is -0.639. The van der Waals surface area contributed by atoms with Gasteiger partial charge < -0.3 is 5.32 Å². The second-order valence-corrected chi connectivity index (χ2v) is 3.99. The highest BCUT2D eigenvalue weighted by Gasteiger charge is 2.50. The first-order valence-electron chi connectivity index (χ1n) is 4.63. The van der Waals surface area contributed by atoms with Gasteiger partial charge in [-0.1, -0.05) is 0 Å². The zero-order valence-corrected chi connectivity index (χ0v) is 8.00. The van der Waals surface area contributed by atoms with Crippen LogP contribution in [0.25, 0.3) is 0 Å². The van der Waals surface area contributed by atoms with E-state index in [-0.39, 0.29) is 24.1 Å². The van der Waals surface area contributed by atoms with E-state index in [4.69, 9.17) is 0 Å².